The summed E-state index contributed by atoms with van der Waals surface area (Å²) < 4.78 is 29.6. The molecule has 0 fully saturated rings. The predicted octanol–water partition coefficient (Wildman–Crippen LogP) is 4.58. The maximum Gasteiger partial charge on any atom is 0.344 e. The fourth-order valence-corrected chi connectivity index (χ4v) is 6.03. The van der Waals surface area contributed by atoms with E-state index in [9.17, 15) is 14.4 Å². The predicted molar refractivity (Wildman–Crippen MR) is 167 cm³/mol. The van der Waals surface area contributed by atoms with Gasteiger partial charge in [0.15, 0.2) is 22.9 Å². The van der Waals surface area contributed by atoms with Crippen LogP contribution in [0.4, 0.5) is 0 Å². The van der Waals surface area contributed by atoms with Crippen LogP contribution >= 0.6 is 22.9 Å². The molecular weight excluding hydrogens is 608 g/mol. The summed E-state index contributed by atoms with van der Waals surface area (Å²) >= 11 is 7.73. The highest BCUT2D eigenvalue weighted by atomic mass is 35.5. The Bertz CT molecular complexity index is 1760. The molecule has 0 N–H and O–H groups in total. The minimum Gasteiger partial charge on any atom is -0.491 e. The van der Waals surface area contributed by atoms with Gasteiger partial charge in [0, 0.05) is 5.56 Å². The van der Waals surface area contributed by atoms with Gasteiger partial charge in [-0.2, -0.15) is 0 Å². The van der Waals surface area contributed by atoms with E-state index in [1.165, 1.54) is 15.9 Å². The Balaban J connectivity index is 1.87. The van der Waals surface area contributed by atoms with E-state index in [1.807, 2.05) is 38.1 Å². The highest BCUT2D eigenvalue weighted by Gasteiger charge is 2.35. The van der Waals surface area contributed by atoms with Gasteiger partial charge in [0.05, 0.1) is 46.7 Å². The van der Waals surface area contributed by atoms with Crippen LogP contribution in [-0.4, -0.2) is 49.0 Å². The summed E-state index contributed by atoms with van der Waals surface area (Å²) in [4.78, 5) is 44.3. The number of halogens is 1. The molecule has 234 valence electrons. The first kappa shape index (κ1) is 32.8. The lowest BCUT2D eigenvalue weighted by Gasteiger charge is -2.26. The molecule has 0 unspecified atom stereocenters. The van der Waals surface area contributed by atoms with E-state index >= 15 is 0 Å². The van der Waals surface area contributed by atoms with E-state index in [2.05, 4.69) is 4.99 Å². The van der Waals surface area contributed by atoms with Gasteiger partial charge in [-0.25, -0.2) is 14.6 Å². The zero-order valence-electron chi connectivity index (χ0n) is 25.5. The molecule has 2 aromatic carbocycles. The lowest BCUT2D eigenvalue weighted by Crippen LogP contribution is -2.40. The molecule has 1 aliphatic rings. The number of rotatable bonds is 12. The van der Waals surface area contributed by atoms with Crippen molar-refractivity contribution in [3.8, 4) is 17.2 Å². The lowest BCUT2D eigenvalue weighted by atomic mass is 9.95. The minimum absolute atomic E-state index is 0.142. The maximum absolute atomic E-state index is 14.1. The average molecular weight is 643 g/mol. The van der Waals surface area contributed by atoms with Crippen LogP contribution in [0.25, 0.3) is 6.08 Å². The first-order valence-electron chi connectivity index (χ1n) is 14.3. The van der Waals surface area contributed by atoms with Crippen molar-refractivity contribution in [3.05, 3.63) is 83.5 Å². The van der Waals surface area contributed by atoms with Gasteiger partial charge in [0.2, 0.25) is 0 Å². The van der Waals surface area contributed by atoms with Crippen molar-refractivity contribution in [2.45, 2.75) is 53.7 Å². The second-order valence-electron chi connectivity index (χ2n) is 9.86. The SMILES string of the molecule is CCOC(=O)COc1c(Cl)cc(/C=c2/sc3n(c2=O)[C@@H](c2ccccc2OC(C)C)C(C(=O)OCC)=C(C)N=3)cc1OCC. The number of thiazole rings is 1. The summed E-state index contributed by atoms with van der Waals surface area (Å²) in [6, 6.07) is 9.77. The Morgan fingerprint density at radius 2 is 1.77 bits per heavy atom. The molecule has 2 heterocycles. The van der Waals surface area contributed by atoms with Gasteiger partial charge >= 0.3 is 11.9 Å². The number of hydrogen-bond donors (Lipinski definition) is 0. The molecule has 4 rings (SSSR count). The maximum atomic E-state index is 14.1. The summed E-state index contributed by atoms with van der Waals surface area (Å²) in [5.74, 6) is -0.0503. The Kier molecular flexibility index (Phi) is 10.9. The number of hydrogen-bond acceptors (Lipinski definition) is 10. The molecule has 1 atom stereocenters. The van der Waals surface area contributed by atoms with E-state index in [0.29, 0.717) is 44.3 Å². The largest absolute Gasteiger partial charge is 0.491 e. The first-order valence-corrected chi connectivity index (χ1v) is 15.5. The van der Waals surface area contributed by atoms with Gasteiger partial charge in [0.25, 0.3) is 5.56 Å². The van der Waals surface area contributed by atoms with Crippen molar-refractivity contribution in [2.24, 2.45) is 4.99 Å². The zero-order chi connectivity index (χ0) is 32.0. The van der Waals surface area contributed by atoms with Gasteiger partial charge in [-0.05, 0) is 71.4 Å². The summed E-state index contributed by atoms with van der Waals surface area (Å²) in [5.41, 5.74) is 1.55. The molecule has 1 aliphatic heterocycles. The van der Waals surface area contributed by atoms with Crippen LogP contribution in [0.1, 0.15) is 58.7 Å². The first-order chi connectivity index (χ1) is 21.1. The number of carbonyl (C=O) groups is 2. The molecule has 1 aromatic heterocycles. The molecule has 3 aromatic rings. The van der Waals surface area contributed by atoms with Crippen molar-refractivity contribution in [3.63, 3.8) is 0 Å². The van der Waals surface area contributed by atoms with Crippen molar-refractivity contribution in [1.82, 2.24) is 4.57 Å². The van der Waals surface area contributed by atoms with Crippen LogP contribution in [-0.2, 0) is 19.1 Å². The summed E-state index contributed by atoms with van der Waals surface area (Å²) in [7, 11) is 0. The van der Waals surface area contributed by atoms with E-state index in [0.717, 1.165) is 0 Å². The van der Waals surface area contributed by atoms with Gasteiger partial charge in [0.1, 0.15) is 11.8 Å². The lowest BCUT2D eigenvalue weighted by molar-refractivity contribution is -0.145. The van der Waals surface area contributed by atoms with Crippen LogP contribution in [0.15, 0.2) is 57.5 Å². The molecule has 0 spiro atoms. The quantitative estimate of drug-likeness (QED) is 0.264. The normalized spacial score (nSPS) is 14.6. The van der Waals surface area contributed by atoms with E-state index < -0.39 is 18.0 Å². The highest BCUT2D eigenvalue weighted by molar-refractivity contribution is 7.07. The van der Waals surface area contributed by atoms with Gasteiger partial charge in [-0.15, -0.1) is 0 Å². The number of aromatic nitrogens is 1. The van der Waals surface area contributed by atoms with E-state index in [1.54, 1.807) is 45.9 Å². The number of allylic oxidation sites excluding steroid dienone is 1. The Labute approximate surface area is 264 Å². The van der Waals surface area contributed by atoms with Crippen LogP contribution in [0.3, 0.4) is 0 Å². The third kappa shape index (κ3) is 7.16. The number of ether oxygens (including phenoxy) is 5. The number of para-hydroxylation sites is 1. The molecule has 0 radical (unpaired) electrons. The topological polar surface area (TPSA) is 115 Å². The third-order valence-corrected chi connectivity index (χ3v) is 7.63. The minimum atomic E-state index is -0.830. The number of carbonyl (C=O) groups excluding carboxylic acids is 2. The molecule has 10 nitrogen and oxygen atoms in total. The van der Waals surface area contributed by atoms with Gasteiger partial charge in [-0.1, -0.05) is 41.1 Å². The molecule has 44 heavy (non-hydrogen) atoms. The molecule has 0 amide bonds. The Morgan fingerprint density at radius 1 is 1.05 bits per heavy atom. The standard InChI is InChI=1S/C32H35ClN2O8S/c1-7-39-24-15-20(14-22(33)29(24)42-17-26(36)40-8-2)16-25-30(37)35-28(21-12-10-11-13-23(21)43-18(4)5)27(31(38)41-9-3)19(6)34-32(35)44-25/h10-16,18,28H,7-9,17H2,1-6H3/b25-16+/t28-/m0/s1. The second-order valence-corrected chi connectivity index (χ2v) is 11.3. The second kappa shape index (κ2) is 14.6. The van der Waals surface area contributed by atoms with Crippen LogP contribution in [0.5, 0.6) is 17.2 Å². The third-order valence-electron chi connectivity index (χ3n) is 6.36. The summed E-state index contributed by atoms with van der Waals surface area (Å²) in [6.45, 7) is 11.1. The Morgan fingerprint density at radius 3 is 2.45 bits per heavy atom. The molecule has 0 saturated heterocycles. The van der Waals surface area contributed by atoms with Crippen molar-refractivity contribution < 1.29 is 33.3 Å². The van der Waals surface area contributed by atoms with Crippen LogP contribution in [0.2, 0.25) is 5.02 Å². The fraction of sp³-hybridized carbons (Fsp3) is 0.375. The summed E-state index contributed by atoms with van der Waals surface area (Å²) in [5, 5.41) is 0.192. The van der Waals surface area contributed by atoms with Gasteiger partial charge in [-0.3, -0.25) is 9.36 Å². The Hall–Kier alpha value is -4.09. The average Bonchev–Trinajstić information content (AvgIpc) is 3.26. The van der Waals surface area contributed by atoms with E-state index in [-0.39, 0.29) is 47.8 Å². The number of fused-ring (bicyclic) bond motifs is 1. The van der Waals surface area contributed by atoms with Crippen molar-refractivity contribution >= 4 is 41.0 Å². The number of esters is 2. The molecule has 12 heteroatoms. The van der Waals surface area contributed by atoms with E-state index in [4.69, 9.17) is 35.3 Å². The fourth-order valence-electron chi connectivity index (χ4n) is 4.71. The van der Waals surface area contributed by atoms with Crippen LogP contribution < -0.4 is 29.1 Å². The molecular formula is C32H35ClN2O8S. The highest BCUT2D eigenvalue weighted by Crippen LogP contribution is 2.38. The molecule has 0 saturated carbocycles. The molecule has 0 bridgehead atoms. The van der Waals surface area contributed by atoms with Crippen LogP contribution in [0, 0.1) is 0 Å². The van der Waals surface area contributed by atoms with Crippen molar-refractivity contribution in [1.29, 1.82) is 0 Å². The smallest absolute Gasteiger partial charge is 0.344 e. The zero-order valence-corrected chi connectivity index (χ0v) is 27.0. The summed E-state index contributed by atoms with van der Waals surface area (Å²) in [6.07, 6.45) is 1.53. The van der Waals surface area contributed by atoms with Crippen molar-refractivity contribution in [2.75, 3.05) is 26.4 Å². The monoisotopic (exact) mass is 642 g/mol. The number of benzene rings is 2. The molecule has 0 aliphatic carbocycles. The number of nitrogens with zero attached hydrogens (tertiary/aromatic N) is 2. The van der Waals surface area contributed by atoms with Gasteiger partial charge < -0.3 is 23.7 Å².